The molecule has 1 aliphatic carbocycles. The molecule has 1 N–H and O–H groups in total. The van der Waals surface area contributed by atoms with E-state index in [-0.39, 0.29) is 5.82 Å². The summed E-state index contributed by atoms with van der Waals surface area (Å²) in [4.78, 5) is 0. The van der Waals surface area contributed by atoms with Crippen LogP contribution in [0.2, 0.25) is 0 Å². The minimum absolute atomic E-state index is 0.273. The molecule has 0 atom stereocenters. The third-order valence-electron chi connectivity index (χ3n) is 3.00. The van der Waals surface area contributed by atoms with Crippen molar-refractivity contribution in [2.75, 3.05) is 6.54 Å². The van der Waals surface area contributed by atoms with Crippen molar-refractivity contribution >= 4 is 27.3 Å². The highest BCUT2D eigenvalue weighted by atomic mass is 79.9. The number of nitrogens with one attached hydrogen (secondary N) is 1. The number of hydrogen-bond donors (Lipinski definition) is 1. The fourth-order valence-electron chi connectivity index (χ4n) is 1.80. The Morgan fingerprint density at radius 1 is 1.37 bits per heavy atom. The molecule has 0 saturated heterocycles. The standard InChI is InChI=1S/C13H13BrFN3S/c14-12-9(2-1-3-10(12)15)13-18-17-11(19-13)6-7-16-8-4-5-8/h1-3,8,16H,4-7H2. The molecule has 2 aromatic rings. The first-order valence-corrected chi connectivity index (χ1v) is 7.85. The van der Waals surface area contributed by atoms with Crippen LogP contribution in [0.1, 0.15) is 17.8 Å². The van der Waals surface area contributed by atoms with E-state index in [0.29, 0.717) is 10.5 Å². The van der Waals surface area contributed by atoms with Gasteiger partial charge in [0, 0.05) is 24.6 Å². The molecule has 0 radical (unpaired) electrons. The molecule has 19 heavy (non-hydrogen) atoms. The molecule has 1 aromatic heterocycles. The van der Waals surface area contributed by atoms with Gasteiger partial charge < -0.3 is 5.32 Å². The molecular weight excluding hydrogens is 329 g/mol. The fourth-order valence-corrected chi connectivity index (χ4v) is 3.26. The zero-order chi connectivity index (χ0) is 13.2. The van der Waals surface area contributed by atoms with Gasteiger partial charge in [0.1, 0.15) is 15.8 Å². The van der Waals surface area contributed by atoms with Crippen LogP contribution in [0.3, 0.4) is 0 Å². The van der Waals surface area contributed by atoms with Gasteiger partial charge in [-0.2, -0.15) is 0 Å². The Bertz CT molecular complexity index is 583. The molecule has 0 bridgehead atoms. The number of benzene rings is 1. The van der Waals surface area contributed by atoms with Crippen LogP contribution in [-0.4, -0.2) is 22.8 Å². The topological polar surface area (TPSA) is 37.8 Å². The van der Waals surface area contributed by atoms with Gasteiger partial charge in [-0.15, -0.1) is 10.2 Å². The van der Waals surface area contributed by atoms with Gasteiger partial charge in [0.05, 0.1) is 4.47 Å². The van der Waals surface area contributed by atoms with Gasteiger partial charge in [-0.1, -0.05) is 23.5 Å². The first-order valence-electron chi connectivity index (χ1n) is 6.24. The lowest BCUT2D eigenvalue weighted by atomic mass is 10.2. The van der Waals surface area contributed by atoms with Crippen LogP contribution in [0.4, 0.5) is 4.39 Å². The van der Waals surface area contributed by atoms with Gasteiger partial charge in [-0.3, -0.25) is 0 Å². The third-order valence-corrected chi connectivity index (χ3v) is 4.82. The molecule has 0 aliphatic heterocycles. The lowest BCUT2D eigenvalue weighted by Gasteiger charge is -2.00. The van der Waals surface area contributed by atoms with Crippen molar-refractivity contribution in [1.82, 2.24) is 15.5 Å². The average Bonchev–Trinajstić information content (AvgIpc) is 3.10. The summed E-state index contributed by atoms with van der Waals surface area (Å²) in [5.41, 5.74) is 0.763. The third kappa shape index (κ3) is 3.19. The van der Waals surface area contributed by atoms with Crippen molar-refractivity contribution in [3.8, 4) is 10.6 Å². The van der Waals surface area contributed by atoms with Crippen LogP contribution >= 0.6 is 27.3 Å². The fraction of sp³-hybridized carbons (Fsp3) is 0.385. The largest absolute Gasteiger partial charge is 0.314 e. The Hall–Kier alpha value is -0.850. The first kappa shape index (κ1) is 13.1. The first-order chi connectivity index (χ1) is 9.24. The van der Waals surface area contributed by atoms with Gasteiger partial charge in [-0.25, -0.2) is 4.39 Å². The summed E-state index contributed by atoms with van der Waals surface area (Å²) in [6, 6.07) is 5.67. The van der Waals surface area contributed by atoms with Crippen LogP contribution < -0.4 is 5.32 Å². The Balaban J connectivity index is 1.70. The average molecular weight is 342 g/mol. The van der Waals surface area contributed by atoms with Crippen molar-refractivity contribution in [2.24, 2.45) is 0 Å². The predicted octanol–water partition coefficient (Wildman–Crippen LogP) is 3.40. The lowest BCUT2D eigenvalue weighted by molar-refractivity contribution is 0.621. The molecule has 0 unspecified atom stereocenters. The van der Waals surface area contributed by atoms with Gasteiger partial charge >= 0.3 is 0 Å². The summed E-state index contributed by atoms with van der Waals surface area (Å²) < 4.78 is 13.9. The second-order valence-electron chi connectivity index (χ2n) is 4.58. The molecule has 3 rings (SSSR count). The second-order valence-corrected chi connectivity index (χ2v) is 6.44. The predicted molar refractivity (Wildman–Crippen MR) is 77.7 cm³/mol. The summed E-state index contributed by atoms with van der Waals surface area (Å²) in [6.45, 7) is 0.934. The highest BCUT2D eigenvalue weighted by Crippen LogP contribution is 2.32. The Labute approximate surface area is 123 Å². The maximum absolute atomic E-state index is 13.5. The molecule has 0 amide bonds. The Morgan fingerprint density at radius 3 is 3.00 bits per heavy atom. The normalized spacial score (nSPS) is 14.8. The molecular formula is C13H13BrFN3S. The molecule has 1 saturated carbocycles. The van der Waals surface area contributed by atoms with E-state index in [4.69, 9.17) is 0 Å². The second kappa shape index (κ2) is 5.64. The van der Waals surface area contributed by atoms with Gasteiger partial charge in [0.15, 0.2) is 0 Å². The number of hydrogen-bond acceptors (Lipinski definition) is 4. The van der Waals surface area contributed by atoms with Crippen LogP contribution in [0, 0.1) is 5.82 Å². The maximum Gasteiger partial charge on any atom is 0.149 e. The smallest absolute Gasteiger partial charge is 0.149 e. The molecule has 1 aromatic carbocycles. The zero-order valence-electron chi connectivity index (χ0n) is 10.2. The monoisotopic (exact) mass is 341 g/mol. The van der Waals surface area contributed by atoms with Crippen LogP contribution in [0.5, 0.6) is 0 Å². The minimum atomic E-state index is -0.273. The van der Waals surface area contributed by atoms with Crippen LogP contribution in [-0.2, 0) is 6.42 Å². The van der Waals surface area contributed by atoms with E-state index in [2.05, 4.69) is 31.4 Å². The van der Waals surface area contributed by atoms with Gasteiger partial charge in [-0.05, 0) is 34.8 Å². The van der Waals surface area contributed by atoms with Crippen LogP contribution in [0.25, 0.3) is 10.6 Å². The summed E-state index contributed by atoms with van der Waals surface area (Å²) in [5.74, 6) is -0.273. The molecule has 6 heteroatoms. The number of aromatic nitrogens is 2. The molecule has 3 nitrogen and oxygen atoms in total. The molecule has 1 aliphatic rings. The van der Waals surface area contributed by atoms with Gasteiger partial charge in [0.25, 0.3) is 0 Å². The van der Waals surface area contributed by atoms with E-state index in [0.717, 1.165) is 28.5 Å². The minimum Gasteiger partial charge on any atom is -0.314 e. The number of halogens is 2. The molecule has 1 fully saturated rings. The molecule has 1 heterocycles. The van der Waals surface area contributed by atoms with E-state index in [1.807, 2.05) is 6.07 Å². The quantitative estimate of drug-likeness (QED) is 0.905. The molecule has 100 valence electrons. The molecule has 0 spiro atoms. The van der Waals surface area contributed by atoms with E-state index in [1.165, 1.54) is 30.2 Å². The highest BCUT2D eigenvalue weighted by molar-refractivity contribution is 9.10. The van der Waals surface area contributed by atoms with Crippen LogP contribution in [0.15, 0.2) is 22.7 Å². The van der Waals surface area contributed by atoms with E-state index >= 15 is 0 Å². The van der Waals surface area contributed by atoms with Crippen molar-refractivity contribution < 1.29 is 4.39 Å². The lowest BCUT2D eigenvalue weighted by Crippen LogP contribution is -2.19. The Kier molecular flexibility index (Phi) is 3.91. The highest BCUT2D eigenvalue weighted by Gasteiger charge is 2.20. The van der Waals surface area contributed by atoms with Crippen molar-refractivity contribution in [3.05, 3.63) is 33.5 Å². The van der Waals surface area contributed by atoms with Gasteiger partial charge in [0.2, 0.25) is 0 Å². The number of nitrogens with zero attached hydrogens (tertiary/aromatic N) is 2. The van der Waals surface area contributed by atoms with Crippen molar-refractivity contribution in [2.45, 2.75) is 25.3 Å². The summed E-state index contributed by atoms with van der Waals surface area (Å²) >= 11 is 4.78. The zero-order valence-corrected chi connectivity index (χ0v) is 12.6. The summed E-state index contributed by atoms with van der Waals surface area (Å²) in [7, 11) is 0. The van der Waals surface area contributed by atoms with E-state index in [9.17, 15) is 4.39 Å². The van der Waals surface area contributed by atoms with E-state index in [1.54, 1.807) is 6.07 Å². The van der Waals surface area contributed by atoms with E-state index < -0.39 is 0 Å². The summed E-state index contributed by atoms with van der Waals surface area (Å²) in [6.07, 6.45) is 3.45. The maximum atomic E-state index is 13.5. The van der Waals surface area contributed by atoms with Crippen molar-refractivity contribution in [3.63, 3.8) is 0 Å². The van der Waals surface area contributed by atoms with Crippen molar-refractivity contribution in [1.29, 1.82) is 0 Å². The summed E-state index contributed by atoms with van der Waals surface area (Å²) in [5, 5.41) is 13.5. The SMILES string of the molecule is Fc1cccc(-c2nnc(CCNC3CC3)s2)c1Br. The number of rotatable bonds is 5. The Morgan fingerprint density at radius 2 is 2.21 bits per heavy atom.